The number of benzene rings is 2. The normalized spacial score (nSPS) is 11.5. The summed E-state index contributed by atoms with van der Waals surface area (Å²) in [5.74, 6) is -1.79. The quantitative estimate of drug-likeness (QED) is 0.404. The number of amides is 2. The topological polar surface area (TPSA) is 113 Å². The van der Waals surface area contributed by atoms with Crippen molar-refractivity contribution in [1.82, 2.24) is 14.9 Å². The van der Waals surface area contributed by atoms with Crippen LogP contribution in [0, 0.1) is 0 Å². The monoisotopic (exact) mass is 406 g/mol. The minimum atomic E-state index is -0.886. The summed E-state index contributed by atoms with van der Waals surface area (Å²) in [6.07, 6.45) is 3.58. The molecule has 1 aromatic heterocycles. The number of imidazole rings is 1. The van der Waals surface area contributed by atoms with Crippen LogP contribution >= 0.6 is 0 Å². The Bertz CT molecular complexity index is 1050. The molecule has 154 valence electrons. The molecule has 0 fully saturated rings. The van der Waals surface area contributed by atoms with E-state index in [-0.39, 0.29) is 18.2 Å². The number of rotatable bonds is 7. The maximum atomic E-state index is 12.6. The average Bonchev–Trinajstić information content (AvgIpc) is 3.19. The zero-order valence-electron chi connectivity index (χ0n) is 16.4. The highest BCUT2D eigenvalue weighted by Gasteiger charge is 2.20. The van der Waals surface area contributed by atoms with Crippen molar-refractivity contribution >= 4 is 23.3 Å². The Labute approximate surface area is 173 Å². The van der Waals surface area contributed by atoms with Gasteiger partial charge in [0.25, 0.3) is 0 Å². The van der Waals surface area contributed by atoms with Crippen molar-refractivity contribution in [2.75, 3.05) is 11.9 Å². The van der Waals surface area contributed by atoms with Gasteiger partial charge in [0, 0.05) is 30.7 Å². The van der Waals surface area contributed by atoms with Crippen molar-refractivity contribution in [2.45, 2.75) is 12.5 Å². The van der Waals surface area contributed by atoms with Gasteiger partial charge in [0.2, 0.25) is 5.78 Å². The maximum absolute atomic E-state index is 12.6. The van der Waals surface area contributed by atoms with Crippen LogP contribution in [0.15, 0.2) is 67.0 Å². The van der Waals surface area contributed by atoms with Crippen LogP contribution in [-0.2, 0) is 23.1 Å². The van der Waals surface area contributed by atoms with Gasteiger partial charge in [0.1, 0.15) is 0 Å². The van der Waals surface area contributed by atoms with Gasteiger partial charge in [-0.15, -0.1) is 0 Å². The number of aliphatic hydroxyl groups is 1. The van der Waals surface area contributed by atoms with Crippen molar-refractivity contribution < 1.29 is 19.5 Å². The fraction of sp³-hybridized carbons (Fsp3) is 0.182. The largest absolute Gasteiger partial charge is 0.394 e. The van der Waals surface area contributed by atoms with Crippen LogP contribution in [0.2, 0.25) is 0 Å². The number of anilines is 1. The minimum absolute atomic E-state index is 0.267. The van der Waals surface area contributed by atoms with E-state index < -0.39 is 17.9 Å². The summed E-state index contributed by atoms with van der Waals surface area (Å²) in [5.41, 5.74) is 1.57. The van der Waals surface area contributed by atoms with Crippen LogP contribution < -0.4 is 10.6 Å². The van der Waals surface area contributed by atoms with Crippen LogP contribution in [0.3, 0.4) is 0 Å². The molecule has 1 heterocycles. The molecule has 30 heavy (non-hydrogen) atoms. The van der Waals surface area contributed by atoms with Crippen LogP contribution in [-0.4, -0.2) is 44.9 Å². The molecule has 2 aromatic carbocycles. The zero-order valence-corrected chi connectivity index (χ0v) is 16.4. The summed E-state index contributed by atoms with van der Waals surface area (Å²) >= 11 is 0. The van der Waals surface area contributed by atoms with Crippen molar-refractivity contribution in [3.05, 3.63) is 83.9 Å². The molecule has 0 aliphatic carbocycles. The van der Waals surface area contributed by atoms with Crippen molar-refractivity contribution in [3.63, 3.8) is 0 Å². The summed E-state index contributed by atoms with van der Waals surface area (Å²) in [6, 6.07) is 15.0. The third-order valence-corrected chi connectivity index (χ3v) is 4.49. The third kappa shape index (κ3) is 5.18. The highest BCUT2D eigenvalue weighted by Crippen LogP contribution is 2.14. The van der Waals surface area contributed by atoms with Crippen molar-refractivity contribution in [2.24, 2.45) is 7.05 Å². The number of aromatic nitrogens is 2. The molecular weight excluding hydrogens is 384 g/mol. The number of hydrogen-bond donors (Lipinski definition) is 3. The van der Waals surface area contributed by atoms with E-state index in [2.05, 4.69) is 15.6 Å². The second kappa shape index (κ2) is 9.62. The lowest BCUT2D eigenvalue weighted by Crippen LogP contribution is -2.44. The number of carbonyl (C=O) groups is 3. The first kappa shape index (κ1) is 20.9. The van der Waals surface area contributed by atoms with E-state index in [0.29, 0.717) is 17.7 Å². The molecule has 0 spiro atoms. The van der Waals surface area contributed by atoms with E-state index in [1.165, 1.54) is 12.3 Å². The molecule has 0 saturated carbocycles. The van der Waals surface area contributed by atoms with Crippen LogP contribution in [0.4, 0.5) is 5.69 Å². The standard InChI is InChI=1S/C22H22N4O4/c1-26-11-10-23-20(26)19(28)16-8-5-9-17(13-16)24-21(29)22(30)25-18(14-27)12-15-6-3-2-4-7-15/h2-11,13,18,27H,12,14H2,1H3,(H,24,29)(H,25,30)/t18-/m0/s1. The molecule has 2 amide bonds. The minimum Gasteiger partial charge on any atom is -0.394 e. The van der Waals surface area contributed by atoms with Crippen LogP contribution in [0.25, 0.3) is 0 Å². The predicted molar refractivity (Wildman–Crippen MR) is 111 cm³/mol. The highest BCUT2D eigenvalue weighted by atomic mass is 16.3. The van der Waals surface area contributed by atoms with Gasteiger partial charge in [0.05, 0.1) is 12.6 Å². The van der Waals surface area contributed by atoms with Gasteiger partial charge < -0.3 is 20.3 Å². The molecule has 0 radical (unpaired) electrons. The number of aryl methyl sites for hydroxylation is 1. The van der Waals surface area contributed by atoms with Crippen molar-refractivity contribution in [3.8, 4) is 0 Å². The molecule has 0 aliphatic rings. The summed E-state index contributed by atoms with van der Waals surface area (Å²) < 4.78 is 1.60. The molecule has 0 bridgehead atoms. The Morgan fingerprint density at radius 2 is 1.83 bits per heavy atom. The number of nitrogens with zero attached hydrogens (tertiary/aromatic N) is 2. The Hall–Kier alpha value is -3.78. The SMILES string of the molecule is Cn1ccnc1C(=O)c1cccc(NC(=O)C(=O)N[C@H](CO)Cc2ccccc2)c1. The second-order valence-electron chi connectivity index (χ2n) is 6.77. The number of ketones is 1. The van der Waals surface area contributed by atoms with Crippen LogP contribution in [0.5, 0.6) is 0 Å². The van der Waals surface area contributed by atoms with Gasteiger partial charge in [-0.3, -0.25) is 14.4 Å². The van der Waals surface area contributed by atoms with Gasteiger partial charge in [-0.2, -0.15) is 0 Å². The lowest BCUT2D eigenvalue weighted by molar-refractivity contribution is -0.136. The highest BCUT2D eigenvalue weighted by molar-refractivity contribution is 6.39. The smallest absolute Gasteiger partial charge is 0.313 e. The van der Waals surface area contributed by atoms with Gasteiger partial charge in [0.15, 0.2) is 5.82 Å². The maximum Gasteiger partial charge on any atom is 0.313 e. The molecule has 1 atom stereocenters. The van der Waals surface area contributed by atoms with Gasteiger partial charge in [-0.25, -0.2) is 4.98 Å². The molecular formula is C22H22N4O4. The van der Waals surface area contributed by atoms with E-state index in [0.717, 1.165) is 5.56 Å². The molecule has 3 rings (SSSR count). The van der Waals surface area contributed by atoms with Crippen LogP contribution in [0.1, 0.15) is 21.7 Å². The van der Waals surface area contributed by atoms with E-state index >= 15 is 0 Å². The van der Waals surface area contributed by atoms with Gasteiger partial charge in [-0.1, -0.05) is 42.5 Å². The van der Waals surface area contributed by atoms with E-state index in [1.807, 2.05) is 30.3 Å². The number of hydrogen-bond acceptors (Lipinski definition) is 5. The lowest BCUT2D eigenvalue weighted by Gasteiger charge is -2.16. The summed E-state index contributed by atoms with van der Waals surface area (Å²) in [4.78, 5) is 41.1. The number of nitrogens with one attached hydrogen (secondary N) is 2. The summed E-state index contributed by atoms with van der Waals surface area (Å²) in [7, 11) is 1.71. The molecule has 8 nitrogen and oxygen atoms in total. The lowest BCUT2D eigenvalue weighted by atomic mass is 10.1. The predicted octanol–water partition coefficient (Wildman–Crippen LogP) is 1.31. The summed E-state index contributed by atoms with van der Waals surface area (Å²) in [6.45, 7) is -0.304. The Balaban J connectivity index is 1.63. The Morgan fingerprint density at radius 3 is 2.50 bits per heavy atom. The molecule has 8 heteroatoms. The zero-order chi connectivity index (χ0) is 21.5. The van der Waals surface area contributed by atoms with Crippen molar-refractivity contribution in [1.29, 1.82) is 0 Å². The molecule has 0 unspecified atom stereocenters. The second-order valence-corrected chi connectivity index (χ2v) is 6.77. The Morgan fingerprint density at radius 1 is 1.07 bits per heavy atom. The fourth-order valence-corrected chi connectivity index (χ4v) is 2.95. The van der Waals surface area contributed by atoms with Gasteiger partial charge in [-0.05, 0) is 24.1 Å². The van der Waals surface area contributed by atoms with E-state index in [1.54, 1.807) is 36.0 Å². The number of aliphatic hydroxyl groups excluding tert-OH is 1. The first-order chi connectivity index (χ1) is 14.5. The summed E-state index contributed by atoms with van der Waals surface area (Å²) in [5, 5.41) is 14.5. The van der Waals surface area contributed by atoms with E-state index in [4.69, 9.17) is 0 Å². The Kier molecular flexibility index (Phi) is 6.71. The molecule has 3 aromatic rings. The number of carbonyl (C=O) groups excluding carboxylic acids is 3. The molecule has 0 aliphatic heterocycles. The fourth-order valence-electron chi connectivity index (χ4n) is 2.95. The molecule has 3 N–H and O–H groups in total. The first-order valence-corrected chi connectivity index (χ1v) is 9.36. The van der Waals surface area contributed by atoms with Gasteiger partial charge >= 0.3 is 11.8 Å². The first-order valence-electron chi connectivity index (χ1n) is 9.36. The van der Waals surface area contributed by atoms with E-state index in [9.17, 15) is 19.5 Å². The molecule has 0 saturated heterocycles. The average molecular weight is 406 g/mol. The third-order valence-electron chi connectivity index (χ3n) is 4.49.